The first-order chi connectivity index (χ1) is 13.1. The molecule has 1 heterocycles. The van der Waals surface area contributed by atoms with Gasteiger partial charge in [0.05, 0.1) is 20.8 Å². The van der Waals surface area contributed by atoms with Gasteiger partial charge in [-0.15, -0.1) is 0 Å². The van der Waals surface area contributed by atoms with E-state index in [4.69, 9.17) is 14.5 Å². The first-order valence-electron chi connectivity index (χ1n) is 9.56. The molecule has 7 nitrogen and oxygen atoms in total. The van der Waals surface area contributed by atoms with E-state index in [1.807, 2.05) is 18.2 Å². The van der Waals surface area contributed by atoms with Crippen molar-refractivity contribution in [1.82, 2.24) is 15.5 Å². The second-order valence-electron chi connectivity index (χ2n) is 6.67. The third-order valence-electron chi connectivity index (χ3n) is 4.86. The molecule has 1 fully saturated rings. The van der Waals surface area contributed by atoms with Gasteiger partial charge in [-0.25, -0.2) is 4.99 Å². The molecule has 7 heteroatoms. The van der Waals surface area contributed by atoms with Crippen LogP contribution in [0, 0.1) is 5.92 Å². The molecule has 1 aliphatic heterocycles. The number of nitrogens with one attached hydrogen (secondary N) is 2. The lowest BCUT2D eigenvalue weighted by Gasteiger charge is -2.34. The van der Waals surface area contributed by atoms with Crippen LogP contribution in [0.1, 0.15) is 31.7 Å². The minimum absolute atomic E-state index is 0.127. The zero-order valence-corrected chi connectivity index (χ0v) is 16.9. The van der Waals surface area contributed by atoms with Crippen molar-refractivity contribution in [3.63, 3.8) is 0 Å². The predicted octanol–water partition coefficient (Wildman–Crippen LogP) is 2.02. The fourth-order valence-electron chi connectivity index (χ4n) is 3.28. The Kier molecular flexibility index (Phi) is 8.23. The van der Waals surface area contributed by atoms with Crippen molar-refractivity contribution in [2.45, 2.75) is 32.7 Å². The molecule has 0 bridgehead atoms. The minimum atomic E-state index is 0.127. The topological polar surface area (TPSA) is 75.2 Å². The van der Waals surface area contributed by atoms with E-state index in [0.717, 1.165) is 49.7 Å². The van der Waals surface area contributed by atoms with Gasteiger partial charge in [0.1, 0.15) is 0 Å². The second kappa shape index (κ2) is 10.6. The van der Waals surface area contributed by atoms with Crippen LogP contribution in [0.25, 0.3) is 0 Å². The third kappa shape index (κ3) is 6.05. The molecule has 150 valence electrons. The van der Waals surface area contributed by atoms with E-state index in [1.165, 1.54) is 0 Å². The van der Waals surface area contributed by atoms with Crippen molar-refractivity contribution in [2.24, 2.45) is 10.9 Å². The number of methoxy groups -OCH3 is 2. The van der Waals surface area contributed by atoms with Gasteiger partial charge in [0.2, 0.25) is 5.91 Å². The molecule has 2 rings (SSSR count). The van der Waals surface area contributed by atoms with Crippen molar-refractivity contribution >= 4 is 11.9 Å². The Balaban J connectivity index is 1.99. The van der Waals surface area contributed by atoms with E-state index in [-0.39, 0.29) is 5.91 Å². The van der Waals surface area contributed by atoms with E-state index in [0.29, 0.717) is 24.6 Å². The maximum absolute atomic E-state index is 11.6. The number of guanidine groups is 1. The van der Waals surface area contributed by atoms with E-state index in [2.05, 4.69) is 22.5 Å². The normalized spacial score (nSPS) is 15.4. The maximum Gasteiger partial charge on any atom is 0.220 e. The molecule has 1 aliphatic rings. The number of aliphatic imine (C=N–C) groups is 1. The zero-order valence-electron chi connectivity index (χ0n) is 16.9. The van der Waals surface area contributed by atoms with Crippen LogP contribution in [0.2, 0.25) is 0 Å². The number of carbonyl (C=O) groups excluding carboxylic acids is 1. The second-order valence-corrected chi connectivity index (χ2v) is 6.67. The summed E-state index contributed by atoms with van der Waals surface area (Å²) in [6.45, 7) is 5.30. The Labute approximate surface area is 162 Å². The third-order valence-corrected chi connectivity index (χ3v) is 4.86. The molecule has 0 saturated carbocycles. The number of likely N-dealkylation sites (tertiary alicyclic amines) is 1. The summed E-state index contributed by atoms with van der Waals surface area (Å²) < 4.78 is 10.7. The lowest BCUT2D eigenvalue weighted by Crippen LogP contribution is -2.46. The van der Waals surface area contributed by atoms with Crippen LogP contribution in [-0.4, -0.2) is 57.7 Å². The van der Waals surface area contributed by atoms with Crippen LogP contribution in [0.3, 0.4) is 0 Å². The maximum atomic E-state index is 11.6. The average Bonchev–Trinajstić information content (AvgIpc) is 2.71. The number of piperidine rings is 1. The molecule has 1 amide bonds. The molecule has 0 aromatic heterocycles. The summed E-state index contributed by atoms with van der Waals surface area (Å²) in [5.74, 6) is 2.93. The van der Waals surface area contributed by atoms with Crippen LogP contribution in [0.5, 0.6) is 11.5 Å². The standard InChI is InChI=1S/C20H32N4O3/c1-5-22-20(24-10-8-15(9-11-24)13-19(25)21-2)23-14-16-6-7-17(26-3)18(12-16)27-4/h6-7,12,15H,5,8-11,13-14H2,1-4H3,(H,21,25)(H,22,23). The highest BCUT2D eigenvalue weighted by Gasteiger charge is 2.23. The summed E-state index contributed by atoms with van der Waals surface area (Å²) in [4.78, 5) is 18.7. The minimum Gasteiger partial charge on any atom is -0.493 e. The van der Waals surface area contributed by atoms with Gasteiger partial charge in [-0.2, -0.15) is 0 Å². The smallest absolute Gasteiger partial charge is 0.220 e. The summed E-state index contributed by atoms with van der Waals surface area (Å²) in [6, 6.07) is 5.87. The lowest BCUT2D eigenvalue weighted by molar-refractivity contribution is -0.121. The predicted molar refractivity (Wildman–Crippen MR) is 107 cm³/mol. The van der Waals surface area contributed by atoms with Crippen LogP contribution in [0.4, 0.5) is 0 Å². The molecule has 0 unspecified atom stereocenters. The number of benzene rings is 1. The van der Waals surface area contributed by atoms with E-state index >= 15 is 0 Å². The fourth-order valence-corrected chi connectivity index (χ4v) is 3.28. The van der Waals surface area contributed by atoms with Gasteiger partial charge in [0.15, 0.2) is 17.5 Å². The number of carbonyl (C=O) groups is 1. The largest absolute Gasteiger partial charge is 0.493 e. The first-order valence-corrected chi connectivity index (χ1v) is 9.56. The number of ether oxygens (including phenoxy) is 2. The Hall–Kier alpha value is -2.44. The highest BCUT2D eigenvalue weighted by molar-refractivity contribution is 5.80. The average molecular weight is 377 g/mol. The van der Waals surface area contributed by atoms with Gasteiger partial charge in [-0.1, -0.05) is 6.07 Å². The van der Waals surface area contributed by atoms with Crippen LogP contribution < -0.4 is 20.1 Å². The Morgan fingerprint density at radius 2 is 1.93 bits per heavy atom. The van der Waals surface area contributed by atoms with E-state index in [1.54, 1.807) is 21.3 Å². The summed E-state index contributed by atoms with van der Waals surface area (Å²) in [5.41, 5.74) is 1.07. The quantitative estimate of drug-likeness (QED) is 0.562. The van der Waals surface area contributed by atoms with Gasteiger partial charge in [0, 0.05) is 33.1 Å². The van der Waals surface area contributed by atoms with Gasteiger partial charge < -0.3 is 25.0 Å². The Bertz CT molecular complexity index is 640. The number of hydrogen-bond donors (Lipinski definition) is 2. The molecule has 0 atom stereocenters. The summed E-state index contributed by atoms with van der Waals surface area (Å²) in [5, 5.41) is 6.10. The molecule has 0 spiro atoms. The number of hydrogen-bond acceptors (Lipinski definition) is 4. The molecule has 1 saturated heterocycles. The Morgan fingerprint density at radius 3 is 2.52 bits per heavy atom. The number of amides is 1. The van der Waals surface area contributed by atoms with Crippen molar-refractivity contribution < 1.29 is 14.3 Å². The van der Waals surface area contributed by atoms with Gasteiger partial charge >= 0.3 is 0 Å². The van der Waals surface area contributed by atoms with Gasteiger partial charge in [-0.3, -0.25) is 4.79 Å². The SMILES string of the molecule is CCNC(=NCc1ccc(OC)c(OC)c1)N1CCC(CC(=O)NC)CC1. The van der Waals surface area contributed by atoms with Crippen LogP contribution in [-0.2, 0) is 11.3 Å². The van der Waals surface area contributed by atoms with Crippen molar-refractivity contribution in [1.29, 1.82) is 0 Å². The van der Waals surface area contributed by atoms with Crippen molar-refractivity contribution in [3.05, 3.63) is 23.8 Å². The molecule has 27 heavy (non-hydrogen) atoms. The molecule has 0 radical (unpaired) electrons. The number of rotatable bonds is 7. The first kappa shape index (κ1) is 20.9. The summed E-state index contributed by atoms with van der Waals surface area (Å²) in [7, 11) is 4.96. The molecule has 1 aromatic rings. The zero-order chi connectivity index (χ0) is 19.6. The Morgan fingerprint density at radius 1 is 1.22 bits per heavy atom. The van der Waals surface area contributed by atoms with Gasteiger partial charge in [-0.05, 0) is 43.4 Å². The highest BCUT2D eigenvalue weighted by atomic mass is 16.5. The molecular formula is C20H32N4O3. The lowest BCUT2D eigenvalue weighted by atomic mass is 9.93. The van der Waals surface area contributed by atoms with Crippen LogP contribution in [0.15, 0.2) is 23.2 Å². The van der Waals surface area contributed by atoms with Crippen molar-refractivity contribution in [3.8, 4) is 11.5 Å². The molecular weight excluding hydrogens is 344 g/mol. The van der Waals surface area contributed by atoms with Crippen LogP contribution >= 0.6 is 0 Å². The summed E-state index contributed by atoms with van der Waals surface area (Å²) in [6.07, 6.45) is 2.63. The highest BCUT2D eigenvalue weighted by Crippen LogP contribution is 2.28. The van der Waals surface area contributed by atoms with Gasteiger partial charge in [0.25, 0.3) is 0 Å². The summed E-state index contributed by atoms with van der Waals surface area (Å²) >= 11 is 0. The fraction of sp³-hybridized carbons (Fsp3) is 0.600. The monoisotopic (exact) mass is 376 g/mol. The molecule has 1 aromatic carbocycles. The molecule has 2 N–H and O–H groups in total. The van der Waals surface area contributed by atoms with Crippen molar-refractivity contribution in [2.75, 3.05) is 40.9 Å². The van der Waals surface area contributed by atoms with E-state index in [9.17, 15) is 4.79 Å². The number of nitrogens with zero attached hydrogens (tertiary/aromatic N) is 2. The van der Waals surface area contributed by atoms with E-state index < -0.39 is 0 Å². The molecule has 0 aliphatic carbocycles.